The topological polar surface area (TPSA) is 48.0 Å². The van der Waals surface area contributed by atoms with Crippen molar-refractivity contribution in [3.05, 3.63) is 0 Å². The molecule has 0 aromatic rings. The van der Waals surface area contributed by atoms with E-state index in [0.29, 0.717) is 30.1 Å². The first-order valence-corrected chi connectivity index (χ1v) is 15.8. The van der Waals surface area contributed by atoms with E-state index in [4.69, 9.17) is 14.2 Å². The van der Waals surface area contributed by atoms with Crippen LogP contribution in [0.2, 0.25) is 0 Å². The van der Waals surface area contributed by atoms with Crippen molar-refractivity contribution in [3.8, 4) is 0 Å². The Morgan fingerprint density at radius 3 is 2.61 bits per heavy atom. The molecule has 8 atom stereocenters. The summed E-state index contributed by atoms with van der Waals surface area (Å²) in [6.07, 6.45) is 19.9. The predicted molar refractivity (Wildman–Crippen MR) is 139 cm³/mol. The molecule has 202 valence electrons. The van der Waals surface area contributed by atoms with Crippen molar-refractivity contribution in [2.75, 3.05) is 26.8 Å². The van der Waals surface area contributed by atoms with Crippen molar-refractivity contribution in [1.29, 1.82) is 0 Å². The highest BCUT2D eigenvalue weighted by Crippen LogP contribution is 2.70. The summed E-state index contributed by atoms with van der Waals surface area (Å²) in [6, 6.07) is 0.458. The van der Waals surface area contributed by atoms with Gasteiger partial charge in [-0.1, -0.05) is 38.5 Å². The van der Waals surface area contributed by atoms with E-state index in [-0.39, 0.29) is 29.3 Å². The molecular weight excluding hydrogens is 450 g/mol. The summed E-state index contributed by atoms with van der Waals surface area (Å²) in [6.45, 7) is 3.23. The van der Waals surface area contributed by atoms with E-state index in [9.17, 15) is 4.79 Å². The van der Waals surface area contributed by atoms with Crippen molar-refractivity contribution in [2.24, 2.45) is 29.1 Å². The highest BCUT2D eigenvalue weighted by Gasteiger charge is 2.78. The lowest BCUT2D eigenvalue weighted by atomic mass is 9.42. The zero-order chi connectivity index (χ0) is 24.3. The van der Waals surface area contributed by atoms with Crippen LogP contribution >= 0.6 is 0 Å². The number of carbonyl (C=O) groups is 1. The second-order valence-electron chi connectivity index (χ2n) is 13.8. The number of nitrogens with zero attached hydrogens (tertiary/aromatic N) is 1. The van der Waals surface area contributed by atoms with Gasteiger partial charge in [0.2, 0.25) is 0 Å². The lowest BCUT2D eigenvalue weighted by molar-refractivity contribution is -0.273. The van der Waals surface area contributed by atoms with Crippen LogP contribution in [0.4, 0.5) is 0 Å². The minimum absolute atomic E-state index is 0.0742. The summed E-state index contributed by atoms with van der Waals surface area (Å²) in [5, 5.41) is 0. The second kappa shape index (κ2) is 9.61. The van der Waals surface area contributed by atoms with Crippen molar-refractivity contribution >= 4 is 5.78 Å². The molecule has 2 aliphatic heterocycles. The Kier molecular flexibility index (Phi) is 6.55. The van der Waals surface area contributed by atoms with Crippen molar-refractivity contribution in [1.82, 2.24) is 4.90 Å². The standard InChI is InChI=1S/C31H49NO4/c1-34-25-13-12-23-19-26-31(35-18-6-11-21-7-3-2-4-8-21)15-14-24(33)29-30(31,27(23)28(25)36-29)16-17-32(26)20-22-9-5-10-22/h21-23,25-29H,2-20H2,1H3/t23?,25?,26?,27?,28?,29-,30-,31+/m0/s1. The van der Waals surface area contributed by atoms with Gasteiger partial charge in [-0.15, -0.1) is 0 Å². The van der Waals surface area contributed by atoms with E-state index in [0.717, 1.165) is 44.2 Å². The molecule has 7 rings (SSSR count). The maximum Gasteiger partial charge on any atom is 0.162 e. The van der Waals surface area contributed by atoms with Crippen LogP contribution in [0, 0.1) is 29.1 Å². The number of hydrogen-bond donors (Lipinski definition) is 0. The monoisotopic (exact) mass is 499 g/mol. The third-order valence-corrected chi connectivity index (χ3v) is 12.4. The number of ketones is 1. The molecule has 0 N–H and O–H groups in total. The van der Waals surface area contributed by atoms with Gasteiger partial charge in [-0.05, 0) is 82.1 Å². The van der Waals surface area contributed by atoms with Crippen molar-refractivity contribution in [2.45, 2.75) is 133 Å². The zero-order valence-corrected chi connectivity index (χ0v) is 22.6. The van der Waals surface area contributed by atoms with E-state index < -0.39 is 0 Å². The zero-order valence-electron chi connectivity index (χ0n) is 22.6. The van der Waals surface area contributed by atoms with Crippen LogP contribution in [-0.4, -0.2) is 67.4 Å². The molecule has 5 aliphatic carbocycles. The quantitative estimate of drug-likeness (QED) is 0.411. The van der Waals surface area contributed by atoms with Gasteiger partial charge in [0, 0.05) is 44.1 Å². The predicted octanol–water partition coefficient (Wildman–Crippen LogP) is 5.54. The first-order valence-electron chi connectivity index (χ1n) is 15.8. The van der Waals surface area contributed by atoms with Gasteiger partial charge in [0.15, 0.2) is 5.78 Å². The number of Topliss-reactive ketones (excluding diaryl/α,β-unsaturated/α-hetero) is 1. The van der Waals surface area contributed by atoms with Crippen LogP contribution in [0.25, 0.3) is 0 Å². The summed E-state index contributed by atoms with van der Waals surface area (Å²) >= 11 is 0. The highest BCUT2D eigenvalue weighted by atomic mass is 16.6. The van der Waals surface area contributed by atoms with Crippen LogP contribution in [0.1, 0.15) is 103 Å². The average molecular weight is 500 g/mol. The molecule has 2 heterocycles. The molecule has 5 saturated carbocycles. The lowest BCUT2D eigenvalue weighted by Gasteiger charge is -2.69. The van der Waals surface area contributed by atoms with Crippen LogP contribution in [-0.2, 0) is 19.0 Å². The molecule has 0 amide bonds. The van der Waals surface area contributed by atoms with E-state index in [1.54, 1.807) is 0 Å². The summed E-state index contributed by atoms with van der Waals surface area (Å²) < 4.78 is 20.2. The van der Waals surface area contributed by atoms with Gasteiger partial charge in [0.05, 0.1) is 17.8 Å². The number of hydrogen-bond acceptors (Lipinski definition) is 5. The molecule has 1 spiro atoms. The molecule has 2 bridgehead atoms. The first kappa shape index (κ1) is 24.5. The van der Waals surface area contributed by atoms with E-state index in [2.05, 4.69) is 4.90 Å². The SMILES string of the molecule is COC1CCC2CC3N(CC4CCC4)CC[C@]45C2C1O[C@H]4C(=O)CC[C@@]35OCCCC1CCCCC1. The van der Waals surface area contributed by atoms with E-state index in [1.165, 1.54) is 83.6 Å². The maximum atomic E-state index is 13.5. The molecule has 7 aliphatic rings. The molecule has 0 radical (unpaired) electrons. The fraction of sp³-hybridized carbons (Fsp3) is 0.968. The normalized spacial score (nSPS) is 47.0. The fourth-order valence-corrected chi connectivity index (χ4v) is 10.6. The smallest absolute Gasteiger partial charge is 0.162 e. The van der Waals surface area contributed by atoms with Gasteiger partial charge in [-0.3, -0.25) is 9.69 Å². The molecule has 0 aromatic heterocycles. The molecule has 5 heteroatoms. The van der Waals surface area contributed by atoms with Gasteiger partial charge >= 0.3 is 0 Å². The van der Waals surface area contributed by atoms with Crippen LogP contribution in [0.3, 0.4) is 0 Å². The number of ether oxygens (including phenoxy) is 3. The highest BCUT2D eigenvalue weighted by molar-refractivity contribution is 5.86. The lowest BCUT2D eigenvalue weighted by Crippen LogP contribution is -2.78. The Morgan fingerprint density at radius 2 is 1.83 bits per heavy atom. The summed E-state index contributed by atoms with van der Waals surface area (Å²) in [5.74, 6) is 3.20. The molecule has 7 fully saturated rings. The number of methoxy groups -OCH3 is 1. The third-order valence-electron chi connectivity index (χ3n) is 12.4. The van der Waals surface area contributed by atoms with Gasteiger partial charge in [-0.25, -0.2) is 0 Å². The Labute approximate surface area is 218 Å². The van der Waals surface area contributed by atoms with Crippen LogP contribution in [0.5, 0.6) is 0 Å². The van der Waals surface area contributed by atoms with Gasteiger partial charge < -0.3 is 14.2 Å². The minimum Gasteiger partial charge on any atom is -0.379 e. The number of rotatable bonds is 8. The van der Waals surface area contributed by atoms with Crippen LogP contribution < -0.4 is 0 Å². The first-order chi connectivity index (χ1) is 17.7. The fourth-order valence-electron chi connectivity index (χ4n) is 10.6. The van der Waals surface area contributed by atoms with Gasteiger partial charge in [0.1, 0.15) is 6.10 Å². The van der Waals surface area contributed by atoms with E-state index >= 15 is 0 Å². The van der Waals surface area contributed by atoms with Gasteiger partial charge in [0.25, 0.3) is 0 Å². The molecule has 5 nitrogen and oxygen atoms in total. The molecule has 36 heavy (non-hydrogen) atoms. The molecular formula is C31H49NO4. The Morgan fingerprint density at radius 1 is 1.00 bits per heavy atom. The molecule has 5 unspecified atom stereocenters. The third kappa shape index (κ3) is 3.58. The Balaban J connectivity index is 1.20. The average Bonchev–Trinajstić information content (AvgIpc) is 3.23. The summed E-state index contributed by atoms with van der Waals surface area (Å²) in [5.41, 5.74) is -0.357. The van der Waals surface area contributed by atoms with E-state index in [1.807, 2.05) is 7.11 Å². The number of piperidine rings is 1. The largest absolute Gasteiger partial charge is 0.379 e. The Bertz CT molecular complexity index is 823. The number of carbonyl (C=O) groups excluding carboxylic acids is 1. The molecule has 0 aromatic carbocycles. The molecule has 2 saturated heterocycles. The van der Waals surface area contributed by atoms with Crippen molar-refractivity contribution in [3.63, 3.8) is 0 Å². The summed E-state index contributed by atoms with van der Waals surface area (Å²) in [7, 11) is 1.84. The van der Waals surface area contributed by atoms with Crippen molar-refractivity contribution < 1.29 is 19.0 Å². The maximum absolute atomic E-state index is 13.5. The van der Waals surface area contributed by atoms with Gasteiger partial charge in [-0.2, -0.15) is 0 Å². The van der Waals surface area contributed by atoms with Crippen LogP contribution in [0.15, 0.2) is 0 Å². The summed E-state index contributed by atoms with van der Waals surface area (Å²) in [4.78, 5) is 16.4. The Hall–Kier alpha value is -0.490. The second-order valence-corrected chi connectivity index (χ2v) is 13.8. The minimum atomic E-state index is -0.272. The number of likely N-dealkylation sites (tertiary alicyclic amines) is 1.